The van der Waals surface area contributed by atoms with E-state index in [0.29, 0.717) is 29.0 Å². The number of hydrogen-bond donors (Lipinski definition) is 4. The highest BCUT2D eigenvalue weighted by molar-refractivity contribution is 5.96. The van der Waals surface area contributed by atoms with Crippen molar-refractivity contribution < 1.29 is 4.79 Å². The zero-order valence-corrected chi connectivity index (χ0v) is 16.7. The smallest absolute Gasteiger partial charge is 0.259 e. The molecule has 8 nitrogen and oxygen atoms in total. The summed E-state index contributed by atoms with van der Waals surface area (Å²) in [4.78, 5) is 32.0. The van der Waals surface area contributed by atoms with Crippen LogP contribution in [0.5, 0.6) is 0 Å². The van der Waals surface area contributed by atoms with Gasteiger partial charge in [-0.3, -0.25) is 14.7 Å². The fraction of sp³-hybridized carbons (Fsp3) is 0.182. The molecule has 1 amide bonds. The summed E-state index contributed by atoms with van der Waals surface area (Å²) in [5, 5.41) is 14.3. The number of rotatable bonds is 6. The Morgan fingerprint density at radius 1 is 1.17 bits per heavy atom. The van der Waals surface area contributed by atoms with E-state index in [1.807, 2.05) is 26.0 Å². The molecule has 4 aromatic rings. The molecule has 4 rings (SSSR count). The van der Waals surface area contributed by atoms with E-state index in [4.69, 9.17) is 0 Å². The maximum Gasteiger partial charge on any atom is 0.259 e. The second kappa shape index (κ2) is 8.20. The lowest BCUT2D eigenvalue weighted by atomic mass is 10.1. The number of nitrogens with zero attached hydrogens (tertiary/aromatic N) is 2. The van der Waals surface area contributed by atoms with Crippen LogP contribution < -0.4 is 16.2 Å². The third-order valence-corrected chi connectivity index (χ3v) is 4.81. The Bertz CT molecular complexity index is 1260. The number of H-pyrrole nitrogens is 2. The first-order valence-corrected chi connectivity index (χ1v) is 9.75. The van der Waals surface area contributed by atoms with Gasteiger partial charge < -0.3 is 15.6 Å². The SMILES string of the molecule is CCCNC(=O)c1ccc(Nc2nc(-c3cn[nH]c3C)cc3cc[nH]c(=O)c23)cc1. The van der Waals surface area contributed by atoms with Crippen molar-refractivity contribution in [2.45, 2.75) is 20.3 Å². The van der Waals surface area contributed by atoms with Gasteiger partial charge in [0.25, 0.3) is 11.5 Å². The van der Waals surface area contributed by atoms with Crippen molar-refractivity contribution in [3.63, 3.8) is 0 Å². The van der Waals surface area contributed by atoms with Gasteiger partial charge in [0.05, 0.1) is 17.3 Å². The summed E-state index contributed by atoms with van der Waals surface area (Å²) >= 11 is 0. The van der Waals surface area contributed by atoms with Crippen molar-refractivity contribution in [1.29, 1.82) is 0 Å². The second-order valence-corrected chi connectivity index (χ2v) is 6.99. The predicted octanol–water partition coefficient (Wildman–Crippen LogP) is 3.51. The van der Waals surface area contributed by atoms with Crippen molar-refractivity contribution in [1.82, 2.24) is 25.5 Å². The third kappa shape index (κ3) is 3.80. The van der Waals surface area contributed by atoms with Crippen molar-refractivity contribution in [3.05, 3.63) is 70.4 Å². The van der Waals surface area contributed by atoms with Crippen LogP contribution in [0.2, 0.25) is 0 Å². The lowest BCUT2D eigenvalue weighted by molar-refractivity contribution is 0.0953. The molecule has 0 aliphatic rings. The Hall–Kier alpha value is -3.94. The number of hydrogen-bond acceptors (Lipinski definition) is 5. The minimum Gasteiger partial charge on any atom is -0.352 e. The topological polar surface area (TPSA) is 116 Å². The molecule has 0 radical (unpaired) electrons. The number of anilines is 2. The number of aromatic amines is 2. The molecule has 0 saturated carbocycles. The van der Waals surface area contributed by atoms with Crippen LogP contribution in [-0.4, -0.2) is 32.6 Å². The monoisotopic (exact) mass is 402 g/mol. The summed E-state index contributed by atoms with van der Waals surface area (Å²) in [5.41, 5.74) is 3.53. The van der Waals surface area contributed by atoms with Gasteiger partial charge in [-0.15, -0.1) is 0 Å². The summed E-state index contributed by atoms with van der Waals surface area (Å²) < 4.78 is 0. The van der Waals surface area contributed by atoms with E-state index in [-0.39, 0.29) is 11.5 Å². The number of carbonyl (C=O) groups is 1. The van der Waals surface area contributed by atoms with Crippen molar-refractivity contribution in [3.8, 4) is 11.3 Å². The molecule has 0 bridgehead atoms. The molecule has 8 heteroatoms. The maximum atomic E-state index is 12.5. The molecular weight excluding hydrogens is 380 g/mol. The maximum absolute atomic E-state index is 12.5. The van der Waals surface area contributed by atoms with Crippen LogP contribution in [0.15, 0.2) is 53.6 Å². The van der Waals surface area contributed by atoms with Crippen LogP contribution in [0, 0.1) is 6.92 Å². The van der Waals surface area contributed by atoms with Gasteiger partial charge in [0.2, 0.25) is 0 Å². The summed E-state index contributed by atoms with van der Waals surface area (Å²) in [6.07, 6.45) is 4.21. The van der Waals surface area contributed by atoms with Gasteiger partial charge in [0.1, 0.15) is 5.82 Å². The molecule has 30 heavy (non-hydrogen) atoms. The standard InChI is InChI=1S/C22H22N6O2/c1-3-9-23-21(29)14-4-6-16(7-5-14)26-20-19-15(8-10-24-22(19)30)11-18(27-20)17-12-25-28-13(17)2/h4-8,10-12H,3,9H2,1-2H3,(H,23,29)(H,24,30)(H,25,28)(H,26,27). The van der Waals surface area contributed by atoms with E-state index < -0.39 is 0 Å². The zero-order valence-electron chi connectivity index (χ0n) is 16.7. The van der Waals surface area contributed by atoms with E-state index in [9.17, 15) is 9.59 Å². The normalized spacial score (nSPS) is 10.9. The van der Waals surface area contributed by atoms with Gasteiger partial charge in [-0.05, 0) is 55.1 Å². The molecule has 3 aromatic heterocycles. The van der Waals surface area contributed by atoms with Gasteiger partial charge in [-0.2, -0.15) is 5.10 Å². The highest BCUT2D eigenvalue weighted by atomic mass is 16.1. The van der Waals surface area contributed by atoms with Crippen molar-refractivity contribution >= 4 is 28.2 Å². The fourth-order valence-electron chi connectivity index (χ4n) is 3.23. The molecule has 0 unspecified atom stereocenters. The molecule has 0 fully saturated rings. The molecule has 3 heterocycles. The first-order valence-electron chi connectivity index (χ1n) is 9.75. The Morgan fingerprint density at radius 2 is 1.97 bits per heavy atom. The highest BCUT2D eigenvalue weighted by Gasteiger charge is 2.14. The largest absolute Gasteiger partial charge is 0.352 e. The van der Waals surface area contributed by atoms with E-state index in [0.717, 1.165) is 28.8 Å². The number of fused-ring (bicyclic) bond motifs is 1. The van der Waals surface area contributed by atoms with Crippen LogP contribution in [0.3, 0.4) is 0 Å². The molecule has 0 saturated heterocycles. The molecule has 4 N–H and O–H groups in total. The third-order valence-electron chi connectivity index (χ3n) is 4.81. The highest BCUT2D eigenvalue weighted by Crippen LogP contribution is 2.28. The molecule has 0 aliphatic heterocycles. The summed E-state index contributed by atoms with van der Waals surface area (Å²) in [6.45, 7) is 4.56. The first kappa shape index (κ1) is 19.4. The minimum atomic E-state index is -0.228. The molecule has 0 atom stereocenters. The first-order chi connectivity index (χ1) is 14.6. The zero-order chi connectivity index (χ0) is 21.1. The average molecular weight is 402 g/mol. The number of aryl methyl sites for hydroxylation is 1. The van der Waals surface area contributed by atoms with Gasteiger partial charge in [-0.1, -0.05) is 6.92 Å². The van der Waals surface area contributed by atoms with E-state index in [1.165, 1.54) is 0 Å². The lowest BCUT2D eigenvalue weighted by Gasteiger charge is -2.11. The number of carbonyl (C=O) groups excluding carboxylic acids is 1. The number of pyridine rings is 2. The second-order valence-electron chi connectivity index (χ2n) is 6.99. The average Bonchev–Trinajstić information content (AvgIpc) is 3.18. The molecule has 0 spiro atoms. The quantitative estimate of drug-likeness (QED) is 0.394. The number of nitrogens with one attached hydrogen (secondary N) is 4. The number of amides is 1. The van der Waals surface area contributed by atoms with Crippen molar-refractivity contribution in [2.24, 2.45) is 0 Å². The fourth-order valence-corrected chi connectivity index (χ4v) is 3.23. The van der Waals surface area contributed by atoms with Crippen LogP contribution in [0.25, 0.3) is 22.0 Å². The van der Waals surface area contributed by atoms with Crippen LogP contribution in [0.4, 0.5) is 11.5 Å². The Balaban J connectivity index is 1.72. The van der Waals surface area contributed by atoms with E-state index in [2.05, 4.69) is 30.8 Å². The van der Waals surface area contributed by atoms with Crippen LogP contribution >= 0.6 is 0 Å². The Kier molecular flexibility index (Phi) is 5.30. The van der Waals surface area contributed by atoms with Crippen LogP contribution in [0.1, 0.15) is 29.4 Å². The Labute approximate surface area is 172 Å². The summed E-state index contributed by atoms with van der Waals surface area (Å²) in [6, 6.07) is 10.8. The minimum absolute atomic E-state index is 0.110. The van der Waals surface area contributed by atoms with Crippen molar-refractivity contribution in [2.75, 3.05) is 11.9 Å². The number of aromatic nitrogens is 4. The van der Waals surface area contributed by atoms with Gasteiger partial charge >= 0.3 is 0 Å². The van der Waals surface area contributed by atoms with Gasteiger partial charge in [0.15, 0.2) is 0 Å². The predicted molar refractivity (Wildman–Crippen MR) is 117 cm³/mol. The molecular formula is C22H22N6O2. The van der Waals surface area contributed by atoms with E-state index >= 15 is 0 Å². The van der Waals surface area contributed by atoms with Gasteiger partial charge in [0, 0.05) is 35.2 Å². The molecule has 0 aliphatic carbocycles. The number of benzene rings is 1. The lowest BCUT2D eigenvalue weighted by Crippen LogP contribution is -2.23. The Morgan fingerprint density at radius 3 is 2.67 bits per heavy atom. The summed E-state index contributed by atoms with van der Waals surface area (Å²) in [7, 11) is 0. The van der Waals surface area contributed by atoms with Crippen LogP contribution in [-0.2, 0) is 0 Å². The molecule has 152 valence electrons. The van der Waals surface area contributed by atoms with Gasteiger partial charge in [-0.25, -0.2) is 4.98 Å². The molecule has 1 aromatic carbocycles. The summed E-state index contributed by atoms with van der Waals surface area (Å²) in [5.74, 6) is 0.328. The van der Waals surface area contributed by atoms with E-state index in [1.54, 1.807) is 36.7 Å².